The fourth-order valence-corrected chi connectivity index (χ4v) is 5.05. The standard InChI is InChI=1S/C19H20N2O4S/c1-13-3-6-19-18(11-13)21(9-10-25-19)26(23,24)16-4-5-17-15(12-16)7-8-20(17)14(2)22/h3-6,11-12H,7-10H2,1-2H3. The van der Waals surface area contributed by atoms with Crippen molar-refractivity contribution in [2.45, 2.75) is 25.2 Å². The predicted octanol–water partition coefficient (Wildman–Crippen LogP) is 2.49. The third-order valence-electron chi connectivity index (χ3n) is 4.85. The lowest BCUT2D eigenvalue weighted by Crippen LogP contribution is -2.38. The van der Waals surface area contributed by atoms with Crippen LogP contribution in [0.2, 0.25) is 0 Å². The molecule has 6 nitrogen and oxygen atoms in total. The van der Waals surface area contributed by atoms with Gasteiger partial charge in [0.1, 0.15) is 12.4 Å². The quantitative estimate of drug-likeness (QED) is 0.812. The Bertz CT molecular complexity index is 1000. The average molecular weight is 372 g/mol. The van der Waals surface area contributed by atoms with E-state index < -0.39 is 10.0 Å². The van der Waals surface area contributed by atoms with E-state index in [1.165, 1.54) is 11.2 Å². The fraction of sp³-hybridized carbons (Fsp3) is 0.316. The summed E-state index contributed by atoms with van der Waals surface area (Å²) in [6.07, 6.45) is 0.664. The van der Waals surface area contributed by atoms with Crippen molar-refractivity contribution in [1.29, 1.82) is 0 Å². The third-order valence-corrected chi connectivity index (χ3v) is 6.66. The lowest BCUT2D eigenvalue weighted by atomic mass is 10.2. The van der Waals surface area contributed by atoms with Gasteiger partial charge in [-0.05, 0) is 54.8 Å². The van der Waals surface area contributed by atoms with E-state index in [0.717, 1.165) is 16.8 Å². The summed E-state index contributed by atoms with van der Waals surface area (Å²) >= 11 is 0. The van der Waals surface area contributed by atoms with Gasteiger partial charge in [-0.3, -0.25) is 9.10 Å². The molecule has 4 rings (SSSR count). The maximum atomic E-state index is 13.3. The molecule has 0 aromatic heterocycles. The highest BCUT2D eigenvalue weighted by molar-refractivity contribution is 7.92. The van der Waals surface area contributed by atoms with Crippen LogP contribution in [0.4, 0.5) is 11.4 Å². The van der Waals surface area contributed by atoms with Crippen LogP contribution < -0.4 is 13.9 Å². The second kappa shape index (κ2) is 6.02. The minimum atomic E-state index is -3.70. The number of fused-ring (bicyclic) bond motifs is 2. The molecule has 2 heterocycles. The molecule has 0 saturated carbocycles. The van der Waals surface area contributed by atoms with Crippen molar-refractivity contribution >= 4 is 27.3 Å². The highest BCUT2D eigenvalue weighted by Gasteiger charge is 2.32. The Kier molecular flexibility index (Phi) is 3.91. The van der Waals surface area contributed by atoms with Gasteiger partial charge in [0.15, 0.2) is 0 Å². The molecule has 2 aliphatic heterocycles. The number of rotatable bonds is 2. The van der Waals surface area contributed by atoms with Crippen LogP contribution in [-0.2, 0) is 21.2 Å². The maximum Gasteiger partial charge on any atom is 0.264 e. The minimum absolute atomic E-state index is 0.0306. The number of aryl methyl sites for hydroxylation is 1. The number of carbonyl (C=O) groups excluding carboxylic acids is 1. The van der Waals surface area contributed by atoms with Crippen LogP contribution in [0, 0.1) is 6.92 Å². The average Bonchev–Trinajstić information content (AvgIpc) is 3.04. The molecular formula is C19H20N2O4S. The summed E-state index contributed by atoms with van der Waals surface area (Å²) in [4.78, 5) is 13.6. The van der Waals surface area contributed by atoms with Gasteiger partial charge >= 0.3 is 0 Å². The minimum Gasteiger partial charge on any atom is -0.489 e. The van der Waals surface area contributed by atoms with Crippen LogP contribution >= 0.6 is 0 Å². The lowest BCUT2D eigenvalue weighted by Gasteiger charge is -2.31. The molecule has 136 valence electrons. The monoisotopic (exact) mass is 372 g/mol. The largest absolute Gasteiger partial charge is 0.489 e. The summed E-state index contributed by atoms with van der Waals surface area (Å²) in [6, 6.07) is 10.5. The smallest absolute Gasteiger partial charge is 0.264 e. The van der Waals surface area contributed by atoms with Gasteiger partial charge in [0, 0.05) is 19.2 Å². The zero-order chi connectivity index (χ0) is 18.5. The molecule has 0 unspecified atom stereocenters. The first-order valence-electron chi connectivity index (χ1n) is 8.55. The molecule has 2 aromatic rings. The maximum absolute atomic E-state index is 13.3. The first-order chi connectivity index (χ1) is 12.4. The van der Waals surface area contributed by atoms with E-state index in [9.17, 15) is 13.2 Å². The van der Waals surface area contributed by atoms with E-state index in [4.69, 9.17) is 4.74 Å². The third kappa shape index (κ3) is 2.63. The number of nitrogens with zero attached hydrogens (tertiary/aromatic N) is 2. The summed E-state index contributed by atoms with van der Waals surface area (Å²) in [5.41, 5.74) is 3.23. The van der Waals surface area contributed by atoms with Crippen LogP contribution in [0.3, 0.4) is 0 Å². The molecule has 2 aromatic carbocycles. The Morgan fingerprint density at radius 1 is 1.08 bits per heavy atom. The Balaban J connectivity index is 1.75. The van der Waals surface area contributed by atoms with Gasteiger partial charge in [-0.2, -0.15) is 0 Å². The Labute approximate surface area is 153 Å². The van der Waals surface area contributed by atoms with E-state index in [2.05, 4.69) is 0 Å². The van der Waals surface area contributed by atoms with Gasteiger partial charge in [0.05, 0.1) is 17.1 Å². The van der Waals surface area contributed by atoms with Crippen molar-refractivity contribution in [1.82, 2.24) is 0 Å². The SMILES string of the molecule is CC(=O)N1CCc2cc(S(=O)(=O)N3CCOc4ccc(C)cc43)ccc21. The number of hydrogen-bond acceptors (Lipinski definition) is 4. The lowest BCUT2D eigenvalue weighted by molar-refractivity contribution is -0.116. The molecular weight excluding hydrogens is 352 g/mol. The van der Waals surface area contributed by atoms with Crippen molar-refractivity contribution in [3.63, 3.8) is 0 Å². The first-order valence-corrected chi connectivity index (χ1v) is 9.99. The molecule has 0 radical (unpaired) electrons. The van der Waals surface area contributed by atoms with E-state index in [1.807, 2.05) is 19.1 Å². The van der Waals surface area contributed by atoms with E-state index in [0.29, 0.717) is 31.0 Å². The Morgan fingerprint density at radius 3 is 2.65 bits per heavy atom. The normalized spacial score (nSPS) is 16.1. The van der Waals surface area contributed by atoms with Gasteiger partial charge in [-0.1, -0.05) is 6.07 Å². The van der Waals surface area contributed by atoms with Crippen LogP contribution in [-0.4, -0.2) is 34.0 Å². The second-order valence-electron chi connectivity index (χ2n) is 6.61. The van der Waals surface area contributed by atoms with Crippen LogP contribution in [0.15, 0.2) is 41.3 Å². The molecule has 0 spiro atoms. The number of sulfonamides is 1. The van der Waals surface area contributed by atoms with Gasteiger partial charge in [-0.25, -0.2) is 8.42 Å². The van der Waals surface area contributed by atoms with Gasteiger partial charge < -0.3 is 9.64 Å². The molecule has 0 fully saturated rings. The van der Waals surface area contributed by atoms with Gasteiger partial charge in [0.2, 0.25) is 5.91 Å². The van der Waals surface area contributed by atoms with Gasteiger partial charge in [0.25, 0.3) is 10.0 Å². The van der Waals surface area contributed by atoms with E-state index >= 15 is 0 Å². The fourth-order valence-electron chi connectivity index (χ4n) is 3.55. The van der Waals surface area contributed by atoms with Crippen LogP contribution in [0.5, 0.6) is 5.75 Å². The predicted molar refractivity (Wildman–Crippen MR) is 99.4 cm³/mol. The highest BCUT2D eigenvalue weighted by atomic mass is 32.2. The van der Waals surface area contributed by atoms with E-state index in [1.54, 1.807) is 29.2 Å². The number of benzene rings is 2. The van der Waals surface area contributed by atoms with Crippen LogP contribution in [0.25, 0.3) is 0 Å². The Morgan fingerprint density at radius 2 is 1.88 bits per heavy atom. The summed E-state index contributed by atoms with van der Waals surface area (Å²) in [7, 11) is -3.70. The number of ether oxygens (including phenoxy) is 1. The molecule has 1 amide bonds. The molecule has 0 N–H and O–H groups in total. The first kappa shape index (κ1) is 16.9. The van der Waals surface area contributed by atoms with Gasteiger partial charge in [-0.15, -0.1) is 0 Å². The zero-order valence-corrected chi connectivity index (χ0v) is 15.5. The molecule has 7 heteroatoms. The number of hydrogen-bond donors (Lipinski definition) is 0. The molecule has 0 saturated heterocycles. The summed E-state index contributed by atoms with van der Waals surface area (Å²) in [5, 5.41) is 0. The summed E-state index contributed by atoms with van der Waals surface area (Å²) in [6.45, 7) is 4.62. The van der Waals surface area contributed by atoms with Crippen molar-refractivity contribution in [3.05, 3.63) is 47.5 Å². The molecule has 0 aliphatic carbocycles. The van der Waals surface area contributed by atoms with Crippen molar-refractivity contribution in [2.24, 2.45) is 0 Å². The van der Waals surface area contributed by atoms with Crippen molar-refractivity contribution < 1.29 is 17.9 Å². The number of carbonyl (C=O) groups is 1. The van der Waals surface area contributed by atoms with Crippen molar-refractivity contribution in [2.75, 3.05) is 28.9 Å². The topological polar surface area (TPSA) is 66.9 Å². The summed E-state index contributed by atoms with van der Waals surface area (Å²) in [5.74, 6) is 0.547. The zero-order valence-electron chi connectivity index (χ0n) is 14.7. The molecule has 0 bridgehead atoms. The summed E-state index contributed by atoms with van der Waals surface area (Å²) < 4.78 is 33.6. The number of anilines is 2. The number of amides is 1. The molecule has 0 atom stereocenters. The molecule has 2 aliphatic rings. The Hall–Kier alpha value is -2.54. The molecule has 26 heavy (non-hydrogen) atoms. The van der Waals surface area contributed by atoms with Crippen LogP contribution in [0.1, 0.15) is 18.1 Å². The van der Waals surface area contributed by atoms with Crippen molar-refractivity contribution in [3.8, 4) is 5.75 Å². The highest BCUT2D eigenvalue weighted by Crippen LogP contribution is 2.37. The second-order valence-corrected chi connectivity index (χ2v) is 8.47. The van der Waals surface area contributed by atoms with E-state index in [-0.39, 0.29) is 17.3 Å².